The summed E-state index contributed by atoms with van der Waals surface area (Å²) in [5.41, 5.74) is 0.211. The van der Waals surface area contributed by atoms with Crippen LogP contribution in [0.2, 0.25) is 0 Å². The number of imidazole rings is 1. The Morgan fingerprint density at radius 1 is 1.03 bits per heavy atom. The maximum atomic E-state index is 13.3. The minimum absolute atomic E-state index is 0.105. The minimum atomic E-state index is -4.24. The number of carbonyl (C=O) groups excluding carboxylic acids is 3. The van der Waals surface area contributed by atoms with Crippen LogP contribution in [0.4, 0.5) is 5.69 Å². The molecule has 1 aliphatic rings. The number of anilines is 1. The van der Waals surface area contributed by atoms with Crippen molar-refractivity contribution >= 4 is 45.1 Å². The summed E-state index contributed by atoms with van der Waals surface area (Å²) in [5.74, 6) is -1.43. The van der Waals surface area contributed by atoms with E-state index in [1.54, 1.807) is 22.9 Å². The highest BCUT2D eigenvalue weighted by Gasteiger charge is 2.38. The molecule has 0 bridgehead atoms. The molecule has 0 aliphatic heterocycles. The SMILES string of the molecule is C=C[n+]1ccn(C2=C(NS(=O)(=O)c3ccc(NC(C)=O)cc3)C(=O)c3ccccc3C2=O)c1. The Kier molecular flexibility index (Phi) is 5.52. The molecule has 1 aromatic heterocycles. The lowest BCUT2D eigenvalue weighted by atomic mass is 9.90. The first kappa shape index (κ1) is 21.9. The fraction of sp³-hybridized carbons (Fsp3) is 0.0435. The molecule has 10 heteroatoms. The second-order valence-corrected chi connectivity index (χ2v) is 8.87. The number of aromatic nitrogens is 2. The van der Waals surface area contributed by atoms with E-state index in [1.165, 1.54) is 66.6 Å². The van der Waals surface area contributed by atoms with Gasteiger partial charge in [0.2, 0.25) is 23.2 Å². The number of hydrogen-bond donors (Lipinski definition) is 2. The summed E-state index contributed by atoms with van der Waals surface area (Å²) >= 11 is 0. The zero-order chi connectivity index (χ0) is 23.8. The maximum absolute atomic E-state index is 13.3. The van der Waals surface area contributed by atoms with Crippen LogP contribution in [0.1, 0.15) is 27.6 Å². The normalized spacial score (nSPS) is 13.5. The molecule has 1 heterocycles. The summed E-state index contributed by atoms with van der Waals surface area (Å²) in [6, 6.07) is 11.7. The van der Waals surface area contributed by atoms with Gasteiger partial charge in [-0.15, -0.1) is 0 Å². The lowest BCUT2D eigenvalue weighted by Crippen LogP contribution is -2.35. The highest BCUT2D eigenvalue weighted by atomic mass is 32.2. The molecule has 9 nitrogen and oxygen atoms in total. The van der Waals surface area contributed by atoms with Gasteiger partial charge in [0, 0.05) is 23.7 Å². The van der Waals surface area contributed by atoms with Gasteiger partial charge in [0.25, 0.3) is 16.4 Å². The number of allylic oxidation sites excluding steroid dienone is 2. The molecule has 1 aliphatic carbocycles. The van der Waals surface area contributed by atoms with Crippen molar-refractivity contribution in [1.82, 2.24) is 9.29 Å². The van der Waals surface area contributed by atoms with Crippen molar-refractivity contribution in [2.24, 2.45) is 0 Å². The smallest absolute Gasteiger partial charge is 0.262 e. The van der Waals surface area contributed by atoms with Gasteiger partial charge in [0.05, 0.1) is 11.1 Å². The van der Waals surface area contributed by atoms with Crippen LogP contribution in [-0.2, 0) is 14.8 Å². The quantitative estimate of drug-likeness (QED) is 0.543. The first-order chi connectivity index (χ1) is 15.7. The number of ketones is 2. The molecule has 1 amide bonds. The summed E-state index contributed by atoms with van der Waals surface area (Å²) in [6.07, 6.45) is 6.11. The van der Waals surface area contributed by atoms with E-state index in [-0.39, 0.29) is 33.3 Å². The predicted molar refractivity (Wildman–Crippen MR) is 120 cm³/mol. The zero-order valence-electron chi connectivity index (χ0n) is 17.5. The van der Waals surface area contributed by atoms with E-state index in [9.17, 15) is 22.8 Å². The summed E-state index contributed by atoms with van der Waals surface area (Å²) < 4.78 is 31.5. The van der Waals surface area contributed by atoms with E-state index in [4.69, 9.17) is 0 Å². The summed E-state index contributed by atoms with van der Waals surface area (Å²) in [7, 11) is -4.24. The lowest BCUT2D eigenvalue weighted by molar-refractivity contribution is -0.566. The molecule has 0 saturated heterocycles. The largest absolute Gasteiger partial charge is 0.326 e. The van der Waals surface area contributed by atoms with Gasteiger partial charge in [0.1, 0.15) is 18.1 Å². The second kappa shape index (κ2) is 8.32. The molecule has 0 fully saturated rings. The molecular formula is C23H19N4O5S+. The van der Waals surface area contributed by atoms with Crippen molar-refractivity contribution in [3.05, 3.63) is 90.7 Å². The number of amides is 1. The van der Waals surface area contributed by atoms with Gasteiger partial charge in [0.15, 0.2) is 0 Å². The van der Waals surface area contributed by atoms with Crippen LogP contribution in [0.5, 0.6) is 0 Å². The van der Waals surface area contributed by atoms with Crippen molar-refractivity contribution in [2.45, 2.75) is 11.8 Å². The maximum Gasteiger partial charge on any atom is 0.262 e. The van der Waals surface area contributed by atoms with Crippen molar-refractivity contribution in [1.29, 1.82) is 0 Å². The van der Waals surface area contributed by atoms with E-state index in [1.807, 2.05) is 0 Å². The average molecular weight is 463 g/mol. The van der Waals surface area contributed by atoms with E-state index >= 15 is 0 Å². The third kappa shape index (κ3) is 4.11. The lowest BCUT2D eigenvalue weighted by Gasteiger charge is -2.19. The fourth-order valence-corrected chi connectivity index (χ4v) is 4.50. The third-order valence-corrected chi connectivity index (χ3v) is 6.31. The van der Waals surface area contributed by atoms with Gasteiger partial charge in [-0.3, -0.25) is 19.1 Å². The standard InChI is InChI=1S/C23H18N4O5S/c1-3-26-12-13-27(14-26)21-20(22(29)18-6-4-5-7-19(18)23(21)30)25-33(31,32)17-10-8-16(9-11-17)24-15(2)28/h3-14H,1H2,2H3,(H-,24,25,28,30)/p+1. The van der Waals surface area contributed by atoms with E-state index in [0.717, 1.165) is 0 Å². The Labute approximate surface area is 189 Å². The first-order valence-corrected chi connectivity index (χ1v) is 11.2. The molecule has 33 heavy (non-hydrogen) atoms. The fourth-order valence-electron chi connectivity index (χ4n) is 3.43. The highest BCUT2D eigenvalue weighted by molar-refractivity contribution is 7.89. The Morgan fingerprint density at radius 2 is 1.67 bits per heavy atom. The highest BCUT2D eigenvalue weighted by Crippen LogP contribution is 2.29. The number of fused-ring (bicyclic) bond motifs is 1. The molecule has 4 rings (SSSR count). The van der Waals surface area contributed by atoms with Crippen molar-refractivity contribution < 1.29 is 27.4 Å². The van der Waals surface area contributed by atoms with E-state index < -0.39 is 21.6 Å². The molecule has 0 spiro atoms. The van der Waals surface area contributed by atoms with Gasteiger partial charge in [-0.1, -0.05) is 30.8 Å². The van der Waals surface area contributed by atoms with Gasteiger partial charge in [-0.2, -0.15) is 4.57 Å². The molecular weight excluding hydrogens is 444 g/mol. The van der Waals surface area contributed by atoms with Crippen LogP contribution in [0.15, 0.2) is 84.4 Å². The number of benzene rings is 2. The number of rotatable bonds is 6. The Bertz CT molecular complexity index is 1450. The van der Waals surface area contributed by atoms with Crippen molar-refractivity contribution in [3.63, 3.8) is 0 Å². The van der Waals surface area contributed by atoms with Crippen LogP contribution in [-0.4, -0.2) is 30.5 Å². The number of carbonyl (C=O) groups is 3. The molecule has 0 unspecified atom stereocenters. The molecule has 3 aromatic rings. The summed E-state index contributed by atoms with van der Waals surface area (Å²) in [6.45, 7) is 4.98. The second-order valence-electron chi connectivity index (χ2n) is 7.19. The summed E-state index contributed by atoms with van der Waals surface area (Å²) in [5, 5.41) is 2.55. The summed E-state index contributed by atoms with van der Waals surface area (Å²) in [4.78, 5) is 37.6. The van der Waals surface area contributed by atoms with Gasteiger partial charge in [-0.05, 0) is 24.3 Å². The topological polar surface area (TPSA) is 118 Å². The van der Waals surface area contributed by atoms with Crippen LogP contribution < -0.4 is 14.6 Å². The van der Waals surface area contributed by atoms with Crippen molar-refractivity contribution in [3.8, 4) is 0 Å². The number of sulfonamides is 1. The monoisotopic (exact) mass is 463 g/mol. The number of Topliss-reactive ketones (excluding diaryl/α,β-unsaturated/α-hetero) is 2. The minimum Gasteiger partial charge on any atom is -0.326 e. The van der Waals surface area contributed by atoms with Crippen LogP contribution in [0, 0.1) is 0 Å². The Morgan fingerprint density at radius 3 is 2.24 bits per heavy atom. The van der Waals surface area contributed by atoms with Crippen LogP contribution in [0.25, 0.3) is 11.9 Å². The van der Waals surface area contributed by atoms with Crippen LogP contribution >= 0.6 is 0 Å². The number of nitrogens with one attached hydrogen (secondary N) is 2. The zero-order valence-corrected chi connectivity index (χ0v) is 18.3. The van der Waals surface area contributed by atoms with Gasteiger partial charge >= 0.3 is 0 Å². The van der Waals surface area contributed by atoms with Gasteiger partial charge in [-0.25, -0.2) is 13.0 Å². The molecule has 0 radical (unpaired) electrons. The molecule has 0 atom stereocenters. The predicted octanol–water partition coefficient (Wildman–Crippen LogP) is 2.06. The first-order valence-electron chi connectivity index (χ1n) is 9.76. The Balaban J connectivity index is 1.81. The Hall–Kier alpha value is -4.31. The number of hydrogen-bond acceptors (Lipinski definition) is 5. The van der Waals surface area contributed by atoms with E-state index in [0.29, 0.717) is 5.69 Å². The molecule has 2 aromatic carbocycles. The van der Waals surface area contributed by atoms with Gasteiger partial charge < -0.3 is 5.32 Å². The molecule has 2 N–H and O–H groups in total. The average Bonchev–Trinajstić information content (AvgIpc) is 3.26. The van der Waals surface area contributed by atoms with E-state index in [2.05, 4.69) is 16.6 Å². The molecule has 0 saturated carbocycles. The van der Waals surface area contributed by atoms with Crippen LogP contribution in [0.3, 0.4) is 0 Å². The third-order valence-electron chi connectivity index (χ3n) is 4.94. The molecule has 166 valence electrons. The number of nitrogens with zero attached hydrogens (tertiary/aromatic N) is 2. The van der Waals surface area contributed by atoms with Crippen molar-refractivity contribution in [2.75, 3.05) is 5.32 Å².